The molecule has 1 saturated carbocycles. The van der Waals surface area contributed by atoms with Gasteiger partial charge in [-0.1, -0.05) is 0 Å². The average Bonchev–Trinajstić information content (AvgIpc) is 2.36. The zero-order valence-electron chi connectivity index (χ0n) is 12.4. The van der Waals surface area contributed by atoms with Crippen molar-refractivity contribution in [2.45, 2.75) is 63.7 Å². The number of rotatable bonds is 7. The van der Waals surface area contributed by atoms with Gasteiger partial charge in [0.15, 0.2) is 0 Å². The van der Waals surface area contributed by atoms with Crippen LogP contribution in [0.25, 0.3) is 0 Å². The molecule has 0 bridgehead atoms. The number of hydrogen-bond acceptors (Lipinski definition) is 4. The first-order valence-corrected chi connectivity index (χ1v) is 7.12. The summed E-state index contributed by atoms with van der Waals surface area (Å²) in [7, 11) is 1.62. The van der Waals surface area contributed by atoms with Crippen molar-refractivity contribution in [3.63, 3.8) is 0 Å². The van der Waals surface area contributed by atoms with Gasteiger partial charge in [-0.05, 0) is 39.5 Å². The largest absolute Gasteiger partial charge is 0.378 e. The SMILES string of the molecule is COC(C)(C)CC(=O)NCCOC1CCC(N)CC1. The lowest BCUT2D eigenvalue weighted by molar-refractivity contribution is -0.126. The van der Waals surface area contributed by atoms with Gasteiger partial charge in [0.1, 0.15) is 0 Å². The number of hydrogen-bond donors (Lipinski definition) is 2. The highest BCUT2D eigenvalue weighted by molar-refractivity contribution is 5.76. The smallest absolute Gasteiger partial charge is 0.222 e. The highest BCUT2D eigenvalue weighted by Gasteiger charge is 2.21. The first-order chi connectivity index (χ1) is 8.93. The van der Waals surface area contributed by atoms with Crippen LogP contribution in [-0.2, 0) is 14.3 Å². The minimum absolute atomic E-state index is 0.00103. The van der Waals surface area contributed by atoms with Crippen molar-refractivity contribution in [2.24, 2.45) is 5.73 Å². The molecular formula is C14H28N2O3. The maximum atomic E-state index is 11.6. The summed E-state index contributed by atoms with van der Waals surface area (Å²) in [5.74, 6) is 0.00103. The fraction of sp³-hybridized carbons (Fsp3) is 0.929. The third-order valence-corrected chi connectivity index (χ3v) is 3.64. The van der Waals surface area contributed by atoms with Crippen LogP contribution >= 0.6 is 0 Å². The van der Waals surface area contributed by atoms with Crippen LogP contribution in [0.5, 0.6) is 0 Å². The van der Waals surface area contributed by atoms with Gasteiger partial charge in [0.05, 0.1) is 24.7 Å². The molecule has 5 nitrogen and oxygen atoms in total. The Morgan fingerprint density at radius 3 is 2.53 bits per heavy atom. The summed E-state index contributed by atoms with van der Waals surface area (Å²) in [5.41, 5.74) is 5.43. The second kappa shape index (κ2) is 7.82. The van der Waals surface area contributed by atoms with Crippen molar-refractivity contribution >= 4 is 5.91 Å². The molecule has 0 aromatic carbocycles. The van der Waals surface area contributed by atoms with E-state index in [1.807, 2.05) is 13.8 Å². The normalized spacial score (nSPS) is 24.2. The second-order valence-electron chi connectivity index (χ2n) is 5.90. The van der Waals surface area contributed by atoms with E-state index in [0.29, 0.717) is 31.7 Å². The molecule has 0 atom stereocenters. The van der Waals surface area contributed by atoms with E-state index in [9.17, 15) is 4.79 Å². The van der Waals surface area contributed by atoms with Gasteiger partial charge in [0.2, 0.25) is 5.91 Å². The van der Waals surface area contributed by atoms with E-state index in [-0.39, 0.29) is 5.91 Å². The van der Waals surface area contributed by atoms with Gasteiger partial charge in [-0.2, -0.15) is 0 Å². The Hall–Kier alpha value is -0.650. The van der Waals surface area contributed by atoms with Crippen molar-refractivity contribution in [3.05, 3.63) is 0 Å². The van der Waals surface area contributed by atoms with E-state index < -0.39 is 5.60 Å². The topological polar surface area (TPSA) is 73.6 Å². The fourth-order valence-electron chi connectivity index (χ4n) is 2.19. The molecule has 1 rings (SSSR count). The zero-order valence-corrected chi connectivity index (χ0v) is 12.4. The Balaban J connectivity index is 2.06. The number of nitrogens with two attached hydrogens (primary N) is 1. The molecule has 0 saturated heterocycles. The van der Waals surface area contributed by atoms with Crippen LogP contribution < -0.4 is 11.1 Å². The van der Waals surface area contributed by atoms with Crippen molar-refractivity contribution in [3.8, 4) is 0 Å². The fourth-order valence-corrected chi connectivity index (χ4v) is 2.19. The van der Waals surface area contributed by atoms with Crippen LogP contribution in [0.15, 0.2) is 0 Å². The Labute approximate surface area is 116 Å². The van der Waals surface area contributed by atoms with Crippen LogP contribution in [-0.4, -0.2) is 43.9 Å². The van der Waals surface area contributed by atoms with Crippen LogP contribution in [0, 0.1) is 0 Å². The van der Waals surface area contributed by atoms with Crippen molar-refractivity contribution < 1.29 is 14.3 Å². The molecule has 0 aliphatic heterocycles. The number of ether oxygens (including phenoxy) is 2. The van der Waals surface area contributed by atoms with E-state index in [2.05, 4.69) is 5.32 Å². The summed E-state index contributed by atoms with van der Waals surface area (Å²) in [4.78, 5) is 11.6. The zero-order chi connectivity index (χ0) is 14.3. The Morgan fingerprint density at radius 1 is 1.32 bits per heavy atom. The van der Waals surface area contributed by atoms with E-state index in [1.54, 1.807) is 7.11 Å². The lowest BCUT2D eigenvalue weighted by Gasteiger charge is -2.26. The minimum atomic E-state index is -0.412. The van der Waals surface area contributed by atoms with Gasteiger partial charge >= 0.3 is 0 Å². The maximum Gasteiger partial charge on any atom is 0.222 e. The molecule has 19 heavy (non-hydrogen) atoms. The predicted octanol–water partition coefficient (Wildman–Crippen LogP) is 1.20. The van der Waals surface area contributed by atoms with E-state index in [1.165, 1.54) is 0 Å². The first kappa shape index (κ1) is 16.4. The quantitative estimate of drug-likeness (QED) is 0.683. The van der Waals surface area contributed by atoms with E-state index >= 15 is 0 Å². The molecule has 0 radical (unpaired) electrons. The van der Waals surface area contributed by atoms with Gasteiger partial charge in [-0.15, -0.1) is 0 Å². The summed E-state index contributed by atoms with van der Waals surface area (Å²) in [6.07, 6.45) is 4.82. The summed E-state index contributed by atoms with van der Waals surface area (Å²) >= 11 is 0. The molecule has 0 aromatic heterocycles. The van der Waals surface area contributed by atoms with Gasteiger partial charge in [0, 0.05) is 19.7 Å². The molecule has 0 heterocycles. The van der Waals surface area contributed by atoms with Gasteiger partial charge < -0.3 is 20.5 Å². The van der Waals surface area contributed by atoms with Crippen LogP contribution in [0.2, 0.25) is 0 Å². The number of amides is 1. The molecule has 1 amide bonds. The number of carbonyl (C=O) groups is 1. The highest BCUT2D eigenvalue weighted by Crippen LogP contribution is 2.19. The lowest BCUT2D eigenvalue weighted by atomic mass is 9.94. The molecular weight excluding hydrogens is 244 g/mol. The Kier molecular flexibility index (Phi) is 6.75. The molecule has 1 fully saturated rings. The van der Waals surface area contributed by atoms with Crippen LogP contribution in [0.4, 0.5) is 0 Å². The average molecular weight is 272 g/mol. The molecule has 112 valence electrons. The van der Waals surface area contributed by atoms with E-state index in [4.69, 9.17) is 15.2 Å². The van der Waals surface area contributed by atoms with Gasteiger partial charge in [-0.25, -0.2) is 0 Å². The van der Waals surface area contributed by atoms with Crippen molar-refractivity contribution in [1.82, 2.24) is 5.32 Å². The minimum Gasteiger partial charge on any atom is -0.378 e. The summed E-state index contributed by atoms with van der Waals surface area (Å²) in [6.45, 7) is 4.92. The summed E-state index contributed by atoms with van der Waals surface area (Å²) in [6, 6.07) is 0.343. The third-order valence-electron chi connectivity index (χ3n) is 3.64. The van der Waals surface area contributed by atoms with Crippen LogP contribution in [0.1, 0.15) is 46.0 Å². The second-order valence-corrected chi connectivity index (χ2v) is 5.90. The summed E-state index contributed by atoms with van der Waals surface area (Å²) in [5, 5.41) is 2.85. The first-order valence-electron chi connectivity index (χ1n) is 7.12. The molecule has 0 aromatic rings. The molecule has 0 spiro atoms. The van der Waals surface area contributed by atoms with Crippen molar-refractivity contribution in [2.75, 3.05) is 20.3 Å². The predicted molar refractivity (Wildman–Crippen MR) is 74.9 cm³/mol. The molecule has 1 aliphatic carbocycles. The summed E-state index contributed by atoms with van der Waals surface area (Å²) < 4.78 is 11.0. The van der Waals surface area contributed by atoms with Crippen molar-refractivity contribution in [1.29, 1.82) is 0 Å². The number of nitrogens with one attached hydrogen (secondary N) is 1. The standard InChI is InChI=1S/C14H28N2O3/c1-14(2,18-3)10-13(17)16-8-9-19-12-6-4-11(15)5-7-12/h11-12H,4-10,15H2,1-3H3,(H,16,17). The molecule has 1 aliphatic rings. The van der Waals surface area contributed by atoms with Gasteiger partial charge in [-0.3, -0.25) is 4.79 Å². The monoisotopic (exact) mass is 272 g/mol. The number of methoxy groups -OCH3 is 1. The molecule has 5 heteroatoms. The van der Waals surface area contributed by atoms with Crippen LogP contribution in [0.3, 0.4) is 0 Å². The molecule has 3 N–H and O–H groups in total. The molecule has 0 unspecified atom stereocenters. The number of carbonyl (C=O) groups excluding carboxylic acids is 1. The van der Waals surface area contributed by atoms with Gasteiger partial charge in [0.25, 0.3) is 0 Å². The van der Waals surface area contributed by atoms with E-state index in [0.717, 1.165) is 25.7 Å². The highest BCUT2D eigenvalue weighted by atomic mass is 16.5. The lowest BCUT2D eigenvalue weighted by Crippen LogP contribution is -2.36. The third kappa shape index (κ3) is 6.89. The Bertz CT molecular complexity index is 274. The maximum absolute atomic E-state index is 11.6. The Morgan fingerprint density at radius 2 is 1.95 bits per heavy atom.